The van der Waals surface area contributed by atoms with Crippen molar-refractivity contribution in [3.8, 4) is 0 Å². The van der Waals surface area contributed by atoms with Gasteiger partial charge in [-0.1, -0.05) is 11.6 Å². The number of alkyl halides is 3. The molecule has 0 saturated heterocycles. The number of amides is 1. The van der Waals surface area contributed by atoms with Crippen LogP contribution in [0, 0.1) is 6.92 Å². The third-order valence-electron chi connectivity index (χ3n) is 1.59. The number of pyridine rings is 1. The van der Waals surface area contributed by atoms with Gasteiger partial charge in [-0.05, 0) is 19.1 Å². The highest BCUT2D eigenvalue weighted by molar-refractivity contribution is 6.29. The molecule has 0 aromatic carbocycles. The molecule has 1 rings (SSSR count). The fourth-order valence-electron chi connectivity index (χ4n) is 1.00. The summed E-state index contributed by atoms with van der Waals surface area (Å²) >= 11 is 5.59. The molecule has 1 amide bonds. The van der Waals surface area contributed by atoms with Crippen LogP contribution >= 0.6 is 11.6 Å². The van der Waals surface area contributed by atoms with Crippen molar-refractivity contribution in [2.45, 2.75) is 13.1 Å². The van der Waals surface area contributed by atoms with Gasteiger partial charge in [0.1, 0.15) is 5.15 Å². The first-order valence-electron chi connectivity index (χ1n) is 4.41. The predicted octanol–water partition coefficient (Wildman–Crippen LogP) is 2.27. The Morgan fingerprint density at radius 2 is 2.18 bits per heavy atom. The van der Waals surface area contributed by atoms with Crippen LogP contribution in [0.4, 0.5) is 13.2 Å². The lowest BCUT2D eigenvalue weighted by atomic mass is 10.2. The topological polar surface area (TPSA) is 51.2 Å². The van der Waals surface area contributed by atoms with Crippen LogP contribution in [0.1, 0.15) is 16.1 Å². The normalized spacial score (nSPS) is 11.4. The van der Waals surface area contributed by atoms with Crippen LogP contribution in [0.2, 0.25) is 5.15 Å². The van der Waals surface area contributed by atoms with Crippen molar-refractivity contribution in [3.63, 3.8) is 0 Å². The summed E-state index contributed by atoms with van der Waals surface area (Å²) in [6.07, 6.45) is -4.50. The maximum absolute atomic E-state index is 11.7. The molecule has 0 aliphatic heterocycles. The second kappa shape index (κ2) is 5.33. The van der Waals surface area contributed by atoms with Gasteiger partial charge in [-0.3, -0.25) is 9.63 Å². The summed E-state index contributed by atoms with van der Waals surface area (Å²) in [5.74, 6) is -0.818. The summed E-state index contributed by atoms with van der Waals surface area (Å²) in [5, 5.41) is 0.0750. The van der Waals surface area contributed by atoms with Crippen LogP contribution in [0.25, 0.3) is 0 Å². The highest BCUT2D eigenvalue weighted by Crippen LogP contribution is 2.14. The second-order valence-corrected chi connectivity index (χ2v) is 3.54. The van der Waals surface area contributed by atoms with Crippen molar-refractivity contribution < 1.29 is 22.8 Å². The van der Waals surface area contributed by atoms with Crippen LogP contribution in [0.15, 0.2) is 12.1 Å². The summed E-state index contributed by atoms with van der Waals surface area (Å²) in [7, 11) is 0. The molecule has 0 atom stereocenters. The van der Waals surface area contributed by atoms with Gasteiger partial charge in [-0.2, -0.15) is 13.2 Å². The first kappa shape index (κ1) is 13.7. The molecule has 0 saturated carbocycles. The molecule has 0 aliphatic carbocycles. The Balaban J connectivity index is 2.58. The summed E-state index contributed by atoms with van der Waals surface area (Å²) in [6, 6.07) is 2.60. The Morgan fingerprint density at radius 3 is 2.71 bits per heavy atom. The average molecular weight is 269 g/mol. The SMILES string of the molecule is Cc1cc(C(=O)NOCC(F)(F)F)cc(Cl)n1. The van der Waals surface area contributed by atoms with Gasteiger partial charge in [0.05, 0.1) is 0 Å². The van der Waals surface area contributed by atoms with E-state index < -0.39 is 18.7 Å². The number of nitrogens with one attached hydrogen (secondary N) is 1. The molecule has 0 bridgehead atoms. The highest BCUT2D eigenvalue weighted by atomic mass is 35.5. The molecule has 8 heteroatoms. The molecule has 1 aromatic rings. The molecule has 0 aliphatic rings. The molecule has 4 nitrogen and oxygen atoms in total. The van der Waals surface area contributed by atoms with Crippen molar-refractivity contribution in [1.29, 1.82) is 0 Å². The smallest absolute Gasteiger partial charge is 0.267 e. The van der Waals surface area contributed by atoms with Crippen molar-refractivity contribution in [3.05, 3.63) is 28.5 Å². The Labute approximate surface area is 99.7 Å². The number of hydroxylamine groups is 1. The quantitative estimate of drug-likeness (QED) is 0.676. The summed E-state index contributed by atoms with van der Waals surface area (Å²) in [5.41, 5.74) is 2.21. The van der Waals surface area contributed by atoms with Gasteiger partial charge in [0.15, 0.2) is 6.61 Å². The zero-order valence-corrected chi connectivity index (χ0v) is 9.39. The number of nitrogens with zero attached hydrogens (tertiary/aromatic N) is 1. The monoisotopic (exact) mass is 268 g/mol. The molecule has 1 heterocycles. The number of aromatic nitrogens is 1. The lowest BCUT2D eigenvalue weighted by Crippen LogP contribution is -2.29. The standard InChI is InChI=1S/C9H8ClF3N2O2/c1-5-2-6(3-7(10)14-5)8(16)15-17-4-9(11,12)13/h2-3H,4H2,1H3,(H,15,16). The number of rotatable bonds is 3. The fraction of sp³-hybridized carbons (Fsp3) is 0.333. The summed E-state index contributed by atoms with van der Waals surface area (Å²) in [4.78, 5) is 19.2. The van der Waals surface area contributed by atoms with Gasteiger partial charge in [0.25, 0.3) is 5.91 Å². The van der Waals surface area contributed by atoms with Crippen LogP contribution in [-0.4, -0.2) is 23.7 Å². The van der Waals surface area contributed by atoms with E-state index in [1.54, 1.807) is 12.4 Å². The van der Waals surface area contributed by atoms with Crippen LogP contribution in [0.3, 0.4) is 0 Å². The average Bonchev–Trinajstić information content (AvgIpc) is 2.13. The Kier molecular flexibility index (Phi) is 4.30. The van der Waals surface area contributed by atoms with Crippen molar-refractivity contribution in [2.24, 2.45) is 0 Å². The largest absolute Gasteiger partial charge is 0.414 e. The number of aryl methyl sites for hydroxylation is 1. The molecule has 1 aromatic heterocycles. The van der Waals surface area contributed by atoms with E-state index in [4.69, 9.17) is 11.6 Å². The molecule has 1 N–H and O–H groups in total. The van der Waals surface area contributed by atoms with Gasteiger partial charge < -0.3 is 0 Å². The first-order valence-corrected chi connectivity index (χ1v) is 4.79. The van der Waals surface area contributed by atoms with E-state index in [0.717, 1.165) is 0 Å². The van der Waals surface area contributed by atoms with Gasteiger partial charge in [0, 0.05) is 11.3 Å². The summed E-state index contributed by atoms with van der Waals surface area (Å²) < 4.78 is 35.2. The number of halogens is 4. The predicted molar refractivity (Wildman–Crippen MR) is 53.5 cm³/mol. The van der Waals surface area contributed by atoms with E-state index in [1.165, 1.54) is 12.1 Å². The fourth-order valence-corrected chi connectivity index (χ4v) is 1.25. The third kappa shape index (κ3) is 5.01. The molecule has 0 unspecified atom stereocenters. The number of carbonyl (C=O) groups is 1. The van der Waals surface area contributed by atoms with E-state index in [0.29, 0.717) is 5.69 Å². The van der Waals surface area contributed by atoms with Crippen LogP contribution in [-0.2, 0) is 4.84 Å². The van der Waals surface area contributed by atoms with E-state index in [1.807, 2.05) is 0 Å². The lowest BCUT2D eigenvalue weighted by Gasteiger charge is -2.08. The van der Waals surface area contributed by atoms with Crippen molar-refractivity contribution in [1.82, 2.24) is 10.5 Å². The molecular weight excluding hydrogens is 261 g/mol. The minimum Gasteiger partial charge on any atom is -0.267 e. The van der Waals surface area contributed by atoms with Gasteiger partial charge in [-0.15, -0.1) is 0 Å². The molecule has 94 valence electrons. The number of hydrogen-bond donors (Lipinski definition) is 1. The lowest BCUT2D eigenvalue weighted by molar-refractivity contribution is -0.184. The maximum Gasteiger partial charge on any atom is 0.414 e. The minimum absolute atomic E-state index is 0.0738. The minimum atomic E-state index is -4.50. The van der Waals surface area contributed by atoms with Crippen molar-refractivity contribution in [2.75, 3.05) is 6.61 Å². The van der Waals surface area contributed by atoms with E-state index in [-0.39, 0.29) is 10.7 Å². The van der Waals surface area contributed by atoms with Crippen LogP contribution < -0.4 is 5.48 Å². The number of hydrogen-bond acceptors (Lipinski definition) is 3. The highest BCUT2D eigenvalue weighted by Gasteiger charge is 2.28. The summed E-state index contributed by atoms with van der Waals surface area (Å²) in [6.45, 7) is 0.0375. The maximum atomic E-state index is 11.7. The molecule has 0 fully saturated rings. The zero-order chi connectivity index (χ0) is 13.1. The van der Waals surface area contributed by atoms with E-state index >= 15 is 0 Å². The molecule has 17 heavy (non-hydrogen) atoms. The van der Waals surface area contributed by atoms with E-state index in [9.17, 15) is 18.0 Å². The Hall–Kier alpha value is -1.34. The first-order chi connectivity index (χ1) is 7.78. The van der Waals surface area contributed by atoms with Gasteiger partial charge in [0.2, 0.25) is 0 Å². The van der Waals surface area contributed by atoms with Crippen LogP contribution in [0.5, 0.6) is 0 Å². The molecule has 0 spiro atoms. The Morgan fingerprint density at radius 1 is 1.53 bits per heavy atom. The third-order valence-corrected chi connectivity index (χ3v) is 1.78. The van der Waals surface area contributed by atoms with Crippen molar-refractivity contribution >= 4 is 17.5 Å². The van der Waals surface area contributed by atoms with Gasteiger partial charge in [-0.25, -0.2) is 10.5 Å². The zero-order valence-electron chi connectivity index (χ0n) is 8.64. The number of carbonyl (C=O) groups excluding carboxylic acids is 1. The molecule has 0 radical (unpaired) electrons. The molecular formula is C9H8ClF3N2O2. The van der Waals surface area contributed by atoms with Gasteiger partial charge >= 0.3 is 6.18 Å². The second-order valence-electron chi connectivity index (χ2n) is 3.15. The van der Waals surface area contributed by atoms with E-state index in [2.05, 4.69) is 9.82 Å². The Bertz CT molecular complexity index is 403.